The molecule has 1 heterocycles. The first-order valence-corrected chi connectivity index (χ1v) is 5.56. The summed E-state index contributed by atoms with van der Waals surface area (Å²) in [6, 6.07) is 0. The van der Waals surface area contributed by atoms with E-state index in [0.29, 0.717) is 17.2 Å². The van der Waals surface area contributed by atoms with Crippen LogP contribution in [0.2, 0.25) is 0 Å². The molecule has 1 aromatic rings. The first-order chi connectivity index (χ1) is 7.21. The van der Waals surface area contributed by atoms with Crippen LogP contribution in [0.25, 0.3) is 0 Å². The number of carbonyl (C=O) groups is 1. The lowest BCUT2D eigenvalue weighted by Crippen LogP contribution is -2.11. The Kier molecular flexibility index (Phi) is 4.67. The number of aromatic nitrogens is 1. The fourth-order valence-corrected chi connectivity index (χ4v) is 1.79. The van der Waals surface area contributed by atoms with E-state index in [1.54, 1.807) is 12.3 Å². The molecule has 0 radical (unpaired) electrons. The Labute approximate surface area is 91.8 Å². The van der Waals surface area contributed by atoms with Crippen molar-refractivity contribution in [1.82, 2.24) is 4.98 Å². The number of thiazole rings is 1. The number of aliphatic hydroxyl groups excluding tert-OH is 2. The van der Waals surface area contributed by atoms with E-state index >= 15 is 0 Å². The SMILES string of the molecule is CCC(=O)Nc1nc(C(CO)CO)cs1. The Balaban J connectivity index is 2.67. The highest BCUT2D eigenvalue weighted by Crippen LogP contribution is 2.21. The molecule has 0 aromatic carbocycles. The van der Waals surface area contributed by atoms with Gasteiger partial charge < -0.3 is 15.5 Å². The summed E-state index contributed by atoms with van der Waals surface area (Å²) in [5.74, 6) is -0.464. The zero-order chi connectivity index (χ0) is 11.3. The van der Waals surface area contributed by atoms with Crippen LogP contribution >= 0.6 is 11.3 Å². The molecular formula is C9H14N2O3S. The normalized spacial score (nSPS) is 10.7. The van der Waals surface area contributed by atoms with Gasteiger partial charge in [-0.15, -0.1) is 11.3 Å². The molecule has 0 fully saturated rings. The molecule has 84 valence electrons. The Hall–Kier alpha value is -0.980. The van der Waals surface area contributed by atoms with Crippen molar-refractivity contribution in [3.05, 3.63) is 11.1 Å². The quantitative estimate of drug-likeness (QED) is 0.690. The molecule has 0 unspecified atom stereocenters. The summed E-state index contributed by atoms with van der Waals surface area (Å²) in [6.07, 6.45) is 0.401. The van der Waals surface area contributed by atoms with Gasteiger partial charge in [-0.3, -0.25) is 4.79 Å². The first kappa shape index (κ1) is 12.1. The third-order valence-electron chi connectivity index (χ3n) is 1.95. The minimum atomic E-state index is -0.367. The minimum absolute atomic E-state index is 0.0968. The molecule has 0 aliphatic carbocycles. The number of amides is 1. The Morgan fingerprint density at radius 1 is 1.60 bits per heavy atom. The molecule has 3 N–H and O–H groups in total. The maximum atomic E-state index is 11.1. The second kappa shape index (κ2) is 5.79. The van der Waals surface area contributed by atoms with Crippen molar-refractivity contribution in [1.29, 1.82) is 0 Å². The summed E-state index contributed by atoms with van der Waals surface area (Å²) >= 11 is 1.29. The standard InChI is InChI=1S/C9H14N2O3S/c1-2-8(14)11-9-10-7(5-15-9)6(3-12)4-13/h5-6,12-13H,2-4H2,1H3,(H,10,11,14). The molecule has 0 spiro atoms. The maximum absolute atomic E-state index is 11.1. The maximum Gasteiger partial charge on any atom is 0.225 e. The van der Waals surface area contributed by atoms with Crippen LogP contribution in [-0.4, -0.2) is 34.3 Å². The van der Waals surface area contributed by atoms with Crippen molar-refractivity contribution in [3.63, 3.8) is 0 Å². The summed E-state index contributed by atoms with van der Waals surface area (Å²) in [4.78, 5) is 15.2. The number of hydrogen-bond donors (Lipinski definition) is 3. The van der Waals surface area contributed by atoms with Gasteiger partial charge in [0, 0.05) is 17.7 Å². The van der Waals surface area contributed by atoms with Gasteiger partial charge >= 0.3 is 0 Å². The van der Waals surface area contributed by atoms with Gasteiger partial charge in [-0.2, -0.15) is 0 Å². The van der Waals surface area contributed by atoms with Crippen molar-refractivity contribution >= 4 is 22.4 Å². The van der Waals surface area contributed by atoms with Crippen LogP contribution in [0.4, 0.5) is 5.13 Å². The summed E-state index contributed by atoms with van der Waals surface area (Å²) in [5, 5.41) is 22.7. The molecule has 1 aromatic heterocycles. The van der Waals surface area contributed by atoms with E-state index in [0.717, 1.165) is 0 Å². The van der Waals surface area contributed by atoms with Gasteiger partial charge in [0.25, 0.3) is 0 Å². The van der Waals surface area contributed by atoms with Crippen LogP contribution in [0.15, 0.2) is 5.38 Å². The van der Waals surface area contributed by atoms with Crippen molar-refractivity contribution in [2.24, 2.45) is 0 Å². The fourth-order valence-electron chi connectivity index (χ4n) is 0.984. The molecule has 0 aliphatic rings. The van der Waals surface area contributed by atoms with Gasteiger partial charge in [0.1, 0.15) is 0 Å². The number of nitrogens with one attached hydrogen (secondary N) is 1. The van der Waals surface area contributed by atoms with E-state index in [9.17, 15) is 4.79 Å². The number of hydrogen-bond acceptors (Lipinski definition) is 5. The summed E-state index contributed by atoms with van der Waals surface area (Å²) in [7, 11) is 0. The van der Waals surface area contributed by atoms with Gasteiger partial charge in [-0.25, -0.2) is 4.98 Å². The lowest BCUT2D eigenvalue weighted by molar-refractivity contribution is -0.115. The summed E-state index contributed by atoms with van der Waals surface area (Å²) in [5.41, 5.74) is 0.608. The molecule has 0 saturated heterocycles. The monoisotopic (exact) mass is 230 g/mol. The van der Waals surface area contributed by atoms with E-state index in [4.69, 9.17) is 10.2 Å². The smallest absolute Gasteiger partial charge is 0.225 e. The number of aliphatic hydroxyl groups is 2. The van der Waals surface area contributed by atoms with Crippen molar-refractivity contribution in [2.45, 2.75) is 19.3 Å². The predicted octanol–water partition coefficient (Wildman–Crippen LogP) is 0.560. The van der Waals surface area contributed by atoms with Gasteiger partial charge in [-0.1, -0.05) is 6.92 Å². The third kappa shape index (κ3) is 3.26. The Bertz CT molecular complexity index is 323. The number of nitrogens with zero attached hydrogens (tertiary/aromatic N) is 1. The molecule has 1 amide bonds. The van der Waals surface area contributed by atoms with Crippen molar-refractivity contribution in [3.8, 4) is 0 Å². The second-order valence-electron chi connectivity index (χ2n) is 3.04. The van der Waals surface area contributed by atoms with Crippen LogP contribution in [0.5, 0.6) is 0 Å². The van der Waals surface area contributed by atoms with E-state index < -0.39 is 0 Å². The zero-order valence-electron chi connectivity index (χ0n) is 8.43. The van der Waals surface area contributed by atoms with Gasteiger partial charge in [0.15, 0.2) is 5.13 Å². The molecule has 6 heteroatoms. The van der Waals surface area contributed by atoms with E-state index in [1.807, 2.05) is 0 Å². The fraction of sp³-hybridized carbons (Fsp3) is 0.556. The van der Waals surface area contributed by atoms with E-state index in [2.05, 4.69) is 10.3 Å². The average molecular weight is 230 g/mol. The molecule has 0 bridgehead atoms. The summed E-state index contributed by atoms with van der Waals surface area (Å²) in [6.45, 7) is 1.46. The topological polar surface area (TPSA) is 82.5 Å². The first-order valence-electron chi connectivity index (χ1n) is 4.68. The Morgan fingerprint density at radius 3 is 2.80 bits per heavy atom. The summed E-state index contributed by atoms with van der Waals surface area (Å²) < 4.78 is 0. The number of carbonyl (C=O) groups excluding carboxylic acids is 1. The minimum Gasteiger partial charge on any atom is -0.396 e. The highest BCUT2D eigenvalue weighted by atomic mass is 32.1. The highest BCUT2D eigenvalue weighted by molar-refractivity contribution is 7.13. The van der Waals surface area contributed by atoms with Gasteiger partial charge in [0.2, 0.25) is 5.91 Å². The average Bonchev–Trinajstić information content (AvgIpc) is 2.68. The Morgan fingerprint density at radius 2 is 2.27 bits per heavy atom. The van der Waals surface area contributed by atoms with Crippen molar-refractivity contribution in [2.75, 3.05) is 18.5 Å². The lowest BCUT2D eigenvalue weighted by atomic mass is 10.1. The molecular weight excluding hydrogens is 216 g/mol. The van der Waals surface area contributed by atoms with E-state index in [1.165, 1.54) is 11.3 Å². The molecule has 5 nitrogen and oxygen atoms in total. The number of anilines is 1. The second-order valence-corrected chi connectivity index (χ2v) is 3.90. The van der Waals surface area contributed by atoms with E-state index in [-0.39, 0.29) is 25.0 Å². The molecule has 0 saturated carbocycles. The molecule has 0 atom stereocenters. The van der Waals surface area contributed by atoms with Crippen LogP contribution in [-0.2, 0) is 4.79 Å². The van der Waals surface area contributed by atoms with Crippen LogP contribution in [0.1, 0.15) is 25.0 Å². The largest absolute Gasteiger partial charge is 0.396 e. The zero-order valence-corrected chi connectivity index (χ0v) is 9.25. The van der Waals surface area contributed by atoms with Crippen molar-refractivity contribution < 1.29 is 15.0 Å². The number of rotatable bonds is 5. The van der Waals surface area contributed by atoms with Gasteiger partial charge in [-0.05, 0) is 0 Å². The predicted molar refractivity (Wildman–Crippen MR) is 57.9 cm³/mol. The third-order valence-corrected chi connectivity index (χ3v) is 2.72. The molecule has 1 rings (SSSR count). The van der Waals surface area contributed by atoms with Crippen LogP contribution in [0, 0.1) is 0 Å². The van der Waals surface area contributed by atoms with Crippen LogP contribution < -0.4 is 5.32 Å². The highest BCUT2D eigenvalue weighted by Gasteiger charge is 2.13. The lowest BCUT2D eigenvalue weighted by Gasteiger charge is -2.05. The molecule has 15 heavy (non-hydrogen) atoms. The molecule has 0 aliphatic heterocycles. The van der Waals surface area contributed by atoms with Crippen LogP contribution in [0.3, 0.4) is 0 Å². The van der Waals surface area contributed by atoms with Gasteiger partial charge in [0.05, 0.1) is 18.9 Å².